The normalized spacial score (nSPS) is 42.7. The quantitative estimate of drug-likeness (QED) is 0.506. The zero-order chi connectivity index (χ0) is 17.7. The Labute approximate surface area is 157 Å². The molecule has 3 fully saturated rings. The Morgan fingerprint density at radius 1 is 0.760 bits per heavy atom. The highest BCUT2D eigenvalue weighted by atomic mass is 14.5. The number of hydrogen-bond acceptors (Lipinski definition) is 1. The van der Waals surface area contributed by atoms with E-state index >= 15 is 0 Å². The molecular formula is C24H41N. The lowest BCUT2D eigenvalue weighted by Gasteiger charge is -2.45. The summed E-state index contributed by atoms with van der Waals surface area (Å²) in [4.78, 5) is 0. The molecule has 0 radical (unpaired) electrons. The number of rotatable bonds is 5. The minimum Gasteiger partial charge on any atom is -0.198 e. The molecule has 3 aliphatic carbocycles. The molecule has 0 aromatic heterocycles. The van der Waals surface area contributed by atoms with Crippen molar-refractivity contribution >= 4 is 0 Å². The fourth-order valence-corrected chi connectivity index (χ4v) is 6.71. The minimum atomic E-state index is 0.0507. The molecule has 1 nitrogen and oxygen atoms in total. The van der Waals surface area contributed by atoms with Crippen LogP contribution in [0.5, 0.6) is 0 Å². The van der Waals surface area contributed by atoms with Crippen molar-refractivity contribution in [3.63, 3.8) is 0 Å². The van der Waals surface area contributed by atoms with Gasteiger partial charge >= 0.3 is 0 Å². The first kappa shape index (κ1) is 19.3. The van der Waals surface area contributed by atoms with Crippen LogP contribution in [0.4, 0.5) is 0 Å². The van der Waals surface area contributed by atoms with E-state index in [1.165, 1.54) is 96.3 Å². The molecule has 0 atom stereocenters. The van der Waals surface area contributed by atoms with Crippen LogP contribution >= 0.6 is 0 Å². The SMILES string of the molecule is CCC[C@H]1CC[C@@](C#N)([C@H]2CC[C@@H]([C@H]3CC[C@H](CC)CC3)CC2)CC1. The van der Waals surface area contributed by atoms with E-state index in [0.29, 0.717) is 5.92 Å². The first-order valence-corrected chi connectivity index (χ1v) is 11.6. The molecule has 0 saturated heterocycles. The summed E-state index contributed by atoms with van der Waals surface area (Å²) in [6, 6.07) is 2.86. The Kier molecular flexibility index (Phi) is 6.87. The third-order valence-corrected chi connectivity index (χ3v) is 8.61. The molecule has 1 heteroatoms. The van der Waals surface area contributed by atoms with E-state index in [0.717, 1.165) is 23.7 Å². The molecule has 0 aliphatic heterocycles. The molecule has 0 amide bonds. The predicted octanol–water partition coefficient (Wildman–Crippen LogP) is 7.51. The van der Waals surface area contributed by atoms with Crippen molar-refractivity contribution in [3.8, 4) is 6.07 Å². The van der Waals surface area contributed by atoms with Crippen LogP contribution in [0.25, 0.3) is 0 Å². The second-order valence-corrected chi connectivity index (χ2v) is 9.80. The molecule has 0 aromatic carbocycles. The van der Waals surface area contributed by atoms with Gasteiger partial charge in [-0.15, -0.1) is 0 Å². The van der Waals surface area contributed by atoms with Gasteiger partial charge < -0.3 is 0 Å². The predicted molar refractivity (Wildman–Crippen MR) is 106 cm³/mol. The van der Waals surface area contributed by atoms with Crippen LogP contribution in [0, 0.1) is 46.3 Å². The van der Waals surface area contributed by atoms with Gasteiger partial charge in [0.2, 0.25) is 0 Å². The Bertz CT molecular complexity index is 424. The van der Waals surface area contributed by atoms with E-state index in [-0.39, 0.29) is 5.41 Å². The van der Waals surface area contributed by atoms with E-state index in [9.17, 15) is 5.26 Å². The highest BCUT2D eigenvalue weighted by Crippen LogP contribution is 2.52. The van der Waals surface area contributed by atoms with Crippen molar-refractivity contribution in [1.29, 1.82) is 5.26 Å². The molecule has 0 spiro atoms. The van der Waals surface area contributed by atoms with Gasteiger partial charge in [-0.25, -0.2) is 0 Å². The summed E-state index contributed by atoms with van der Waals surface area (Å²) in [5.74, 6) is 4.65. The fraction of sp³-hybridized carbons (Fsp3) is 0.958. The zero-order valence-corrected chi connectivity index (χ0v) is 16.9. The number of hydrogen-bond donors (Lipinski definition) is 0. The zero-order valence-electron chi connectivity index (χ0n) is 16.9. The highest BCUT2D eigenvalue weighted by Gasteiger charge is 2.44. The lowest BCUT2D eigenvalue weighted by atomic mass is 9.58. The van der Waals surface area contributed by atoms with Gasteiger partial charge in [0.1, 0.15) is 0 Å². The monoisotopic (exact) mass is 343 g/mol. The topological polar surface area (TPSA) is 23.8 Å². The second-order valence-electron chi connectivity index (χ2n) is 9.80. The minimum absolute atomic E-state index is 0.0507. The van der Waals surface area contributed by atoms with Crippen molar-refractivity contribution < 1.29 is 0 Å². The number of nitriles is 1. The summed E-state index contributed by atoms with van der Waals surface area (Å²) in [7, 11) is 0. The summed E-state index contributed by atoms with van der Waals surface area (Å²) in [6.07, 6.45) is 20.7. The average molecular weight is 344 g/mol. The van der Waals surface area contributed by atoms with Crippen LogP contribution in [-0.4, -0.2) is 0 Å². The van der Waals surface area contributed by atoms with E-state index < -0.39 is 0 Å². The van der Waals surface area contributed by atoms with Crippen LogP contribution in [0.3, 0.4) is 0 Å². The third-order valence-electron chi connectivity index (χ3n) is 8.61. The molecule has 0 unspecified atom stereocenters. The van der Waals surface area contributed by atoms with Crippen LogP contribution in [0.15, 0.2) is 0 Å². The lowest BCUT2D eigenvalue weighted by molar-refractivity contribution is 0.0652. The van der Waals surface area contributed by atoms with Crippen molar-refractivity contribution in [3.05, 3.63) is 0 Å². The molecular weight excluding hydrogens is 302 g/mol. The van der Waals surface area contributed by atoms with Crippen molar-refractivity contribution in [2.24, 2.45) is 35.0 Å². The van der Waals surface area contributed by atoms with E-state index in [2.05, 4.69) is 19.9 Å². The van der Waals surface area contributed by atoms with Gasteiger partial charge in [0, 0.05) is 0 Å². The highest BCUT2D eigenvalue weighted by molar-refractivity contribution is 5.06. The van der Waals surface area contributed by atoms with Crippen molar-refractivity contribution in [1.82, 2.24) is 0 Å². The second kappa shape index (κ2) is 8.92. The van der Waals surface area contributed by atoms with Gasteiger partial charge in [0.25, 0.3) is 0 Å². The lowest BCUT2D eigenvalue weighted by Crippen LogP contribution is -2.37. The average Bonchev–Trinajstić information content (AvgIpc) is 2.69. The van der Waals surface area contributed by atoms with Crippen LogP contribution < -0.4 is 0 Å². The van der Waals surface area contributed by atoms with Crippen LogP contribution in [0.2, 0.25) is 0 Å². The molecule has 3 saturated carbocycles. The summed E-state index contributed by atoms with van der Waals surface area (Å²) in [6.45, 7) is 4.67. The summed E-state index contributed by atoms with van der Waals surface area (Å²) in [5, 5.41) is 10.0. The molecule has 0 N–H and O–H groups in total. The van der Waals surface area contributed by atoms with E-state index in [4.69, 9.17) is 0 Å². The van der Waals surface area contributed by atoms with Crippen LogP contribution in [-0.2, 0) is 0 Å². The van der Waals surface area contributed by atoms with Gasteiger partial charge in [-0.2, -0.15) is 5.26 Å². The molecule has 3 rings (SSSR count). The van der Waals surface area contributed by atoms with Crippen LogP contribution in [0.1, 0.15) is 110 Å². The molecule has 0 aromatic rings. The van der Waals surface area contributed by atoms with Crippen molar-refractivity contribution in [2.75, 3.05) is 0 Å². The van der Waals surface area contributed by atoms with Crippen molar-refractivity contribution in [2.45, 2.75) is 110 Å². The summed E-state index contributed by atoms with van der Waals surface area (Å²) >= 11 is 0. The third kappa shape index (κ3) is 4.43. The standard InChI is InChI=1S/C24H41N/c1-3-5-20-14-16-24(18-25,17-15-20)23-12-10-22(11-13-23)21-8-6-19(4-2)7-9-21/h19-23H,3-17H2,1-2H3/t19-,20-,21-,22-,23+,24+. The Hall–Kier alpha value is -0.510. The van der Waals surface area contributed by atoms with Gasteiger partial charge in [0.15, 0.2) is 0 Å². The first-order valence-electron chi connectivity index (χ1n) is 11.6. The first-order chi connectivity index (χ1) is 12.2. The smallest absolute Gasteiger partial charge is 0.0692 e. The van der Waals surface area contributed by atoms with Gasteiger partial charge in [0.05, 0.1) is 11.5 Å². The Balaban J connectivity index is 1.49. The summed E-state index contributed by atoms with van der Waals surface area (Å²) in [5.41, 5.74) is 0.0507. The maximum Gasteiger partial charge on any atom is 0.0692 e. The maximum atomic E-state index is 10.0. The molecule has 0 bridgehead atoms. The fourth-order valence-electron chi connectivity index (χ4n) is 6.71. The van der Waals surface area contributed by atoms with E-state index in [1.54, 1.807) is 0 Å². The maximum absolute atomic E-state index is 10.0. The molecule has 0 heterocycles. The van der Waals surface area contributed by atoms with E-state index in [1.807, 2.05) is 0 Å². The largest absolute Gasteiger partial charge is 0.198 e. The Morgan fingerprint density at radius 3 is 1.80 bits per heavy atom. The van der Waals surface area contributed by atoms with Gasteiger partial charge in [-0.1, -0.05) is 46.0 Å². The Morgan fingerprint density at radius 2 is 1.32 bits per heavy atom. The summed E-state index contributed by atoms with van der Waals surface area (Å²) < 4.78 is 0. The van der Waals surface area contributed by atoms with Gasteiger partial charge in [-0.05, 0) is 93.8 Å². The molecule has 3 aliphatic rings. The number of nitrogens with zero attached hydrogens (tertiary/aromatic N) is 1. The molecule has 25 heavy (non-hydrogen) atoms. The molecule has 142 valence electrons. The van der Waals surface area contributed by atoms with Gasteiger partial charge in [-0.3, -0.25) is 0 Å².